The smallest absolute Gasteiger partial charge is 0.225 e. The molecule has 0 fully saturated rings. The van der Waals surface area contributed by atoms with E-state index in [2.05, 4.69) is 5.32 Å². The van der Waals surface area contributed by atoms with Gasteiger partial charge in [-0.15, -0.1) is 0 Å². The van der Waals surface area contributed by atoms with E-state index >= 15 is 0 Å². The average Bonchev–Trinajstić information content (AvgIpc) is 2.73. The minimum Gasteiger partial charge on any atom is -0.497 e. The van der Waals surface area contributed by atoms with Crippen LogP contribution in [0.5, 0.6) is 11.5 Å². The second-order valence-electron chi connectivity index (χ2n) is 6.17. The number of amides is 1. The lowest BCUT2D eigenvalue weighted by Crippen LogP contribution is -2.30. The zero-order chi connectivity index (χ0) is 19.1. The largest absolute Gasteiger partial charge is 0.497 e. The summed E-state index contributed by atoms with van der Waals surface area (Å²) in [5.74, 6) is 1.43. The fourth-order valence-electron chi connectivity index (χ4n) is 3.03. The molecule has 4 nitrogen and oxygen atoms in total. The summed E-state index contributed by atoms with van der Waals surface area (Å²) in [5, 5.41) is 3.15. The van der Waals surface area contributed by atoms with E-state index < -0.39 is 0 Å². The van der Waals surface area contributed by atoms with Gasteiger partial charge in [0.05, 0.1) is 26.7 Å². The lowest BCUT2D eigenvalue weighted by atomic mass is 9.98. The number of rotatable bonds is 7. The van der Waals surface area contributed by atoms with E-state index in [4.69, 9.17) is 9.47 Å². The maximum atomic E-state index is 12.8. The van der Waals surface area contributed by atoms with Gasteiger partial charge < -0.3 is 14.8 Å². The molecular weight excluding hydrogens is 338 g/mol. The van der Waals surface area contributed by atoms with Gasteiger partial charge in [-0.2, -0.15) is 0 Å². The summed E-state index contributed by atoms with van der Waals surface area (Å²) in [6, 6.07) is 25.0. The zero-order valence-electron chi connectivity index (χ0n) is 15.5. The molecule has 0 bridgehead atoms. The van der Waals surface area contributed by atoms with Crippen molar-refractivity contribution in [3.8, 4) is 11.5 Å². The predicted octanol–water partition coefficient (Wildman–Crippen LogP) is 4.15. The van der Waals surface area contributed by atoms with E-state index in [0.29, 0.717) is 5.75 Å². The monoisotopic (exact) mass is 361 g/mol. The van der Waals surface area contributed by atoms with E-state index in [1.807, 2.05) is 78.9 Å². The topological polar surface area (TPSA) is 47.6 Å². The Bertz CT molecular complexity index is 876. The van der Waals surface area contributed by atoms with Crippen molar-refractivity contribution in [1.29, 1.82) is 0 Å². The molecule has 0 radical (unpaired) electrons. The molecule has 3 rings (SSSR count). The summed E-state index contributed by atoms with van der Waals surface area (Å²) in [7, 11) is 3.25. The Labute approximate surface area is 159 Å². The first-order valence-corrected chi connectivity index (χ1v) is 8.81. The number of benzene rings is 3. The van der Waals surface area contributed by atoms with Crippen LogP contribution in [0.25, 0.3) is 0 Å². The van der Waals surface area contributed by atoms with Crippen LogP contribution in [-0.4, -0.2) is 20.1 Å². The molecule has 3 aromatic carbocycles. The third-order valence-electron chi connectivity index (χ3n) is 4.43. The second kappa shape index (κ2) is 8.90. The van der Waals surface area contributed by atoms with E-state index in [1.165, 1.54) is 0 Å². The Hall–Kier alpha value is -3.27. The molecular formula is C23H23NO3. The molecule has 0 aliphatic rings. The predicted molar refractivity (Wildman–Crippen MR) is 106 cm³/mol. The fourth-order valence-corrected chi connectivity index (χ4v) is 3.03. The normalized spacial score (nSPS) is 11.5. The molecule has 0 heterocycles. The number of nitrogens with one attached hydrogen (secondary N) is 1. The average molecular weight is 361 g/mol. The number of para-hydroxylation sites is 1. The molecule has 0 aliphatic heterocycles. The van der Waals surface area contributed by atoms with E-state index in [-0.39, 0.29) is 18.4 Å². The van der Waals surface area contributed by atoms with Gasteiger partial charge in [0, 0.05) is 5.56 Å². The number of ether oxygens (including phenoxy) is 2. The Balaban J connectivity index is 1.83. The lowest BCUT2D eigenvalue weighted by molar-refractivity contribution is -0.121. The first kappa shape index (κ1) is 18.5. The van der Waals surface area contributed by atoms with Crippen LogP contribution in [-0.2, 0) is 11.2 Å². The van der Waals surface area contributed by atoms with Crippen molar-refractivity contribution in [1.82, 2.24) is 5.32 Å². The number of carbonyl (C=O) groups is 1. The molecule has 0 spiro atoms. The highest BCUT2D eigenvalue weighted by Crippen LogP contribution is 2.25. The first-order valence-electron chi connectivity index (χ1n) is 8.81. The highest BCUT2D eigenvalue weighted by atomic mass is 16.5. The van der Waals surface area contributed by atoms with Crippen molar-refractivity contribution >= 4 is 5.91 Å². The summed E-state index contributed by atoms with van der Waals surface area (Å²) in [5.41, 5.74) is 2.88. The molecule has 1 atom stereocenters. The summed E-state index contributed by atoms with van der Waals surface area (Å²) in [4.78, 5) is 12.8. The van der Waals surface area contributed by atoms with Crippen LogP contribution in [0.3, 0.4) is 0 Å². The zero-order valence-corrected chi connectivity index (χ0v) is 15.5. The van der Waals surface area contributed by atoms with Crippen LogP contribution in [0.15, 0.2) is 78.9 Å². The Morgan fingerprint density at radius 1 is 0.815 bits per heavy atom. The molecule has 0 aromatic heterocycles. The number of hydrogen-bond acceptors (Lipinski definition) is 3. The molecule has 138 valence electrons. The summed E-state index contributed by atoms with van der Waals surface area (Å²) in [6.45, 7) is 0. The quantitative estimate of drug-likeness (QED) is 0.688. The van der Waals surface area contributed by atoms with Gasteiger partial charge in [-0.1, -0.05) is 60.7 Å². The van der Waals surface area contributed by atoms with Crippen LogP contribution in [0, 0.1) is 0 Å². The van der Waals surface area contributed by atoms with Gasteiger partial charge in [0.15, 0.2) is 0 Å². The molecule has 4 heteroatoms. The van der Waals surface area contributed by atoms with Gasteiger partial charge in [-0.3, -0.25) is 4.79 Å². The number of hydrogen-bond donors (Lipinski definition) is 1. The van der Waals surface area contributed by atoms with Gasteiger partial charge in [-0.05, 0) is 29.3 Å². The summed E-state index contributed by atoms with van der Waals surface area (Å²) >= 11 is 0. The molecule has 3 aromatic rings. The van der Waals surface area contributed by atoms with Crippen LogP contribution < -0.4 is 14.8 Å². The summed E-state index contributed by atoms with van der Waals surface area (Å²) in [6.07, 6.45) is 0.253. The van der Waals surface area contributed by atoms with Crippen molar-refractivity contribution in [2.75, 3.05) is 14.2 Å². The van der Waals surface area contributed by atoms with E-state index in [0.717, 1.165) is 22.4 Å². The van der Waals surface area contributed by atoms with Gasteiger partial charge >= 0.3 is 0 Å². The number of methoxy groups -OCH3 is 2. The van der Waals surface area contributed by atoms with Crippen molar-refractivity contribution < 1.29 is 14.3 Å². The molecule has 27 heavy (non-hydrogen) atoms. The Morgan fingerprint density at radius 2 is 1.44 bits per heavy atom. The van der Waals surface area contributed by atoms with Crippen molar-refractivity contribution in [2.24, 2.45) is 0 Å². The highest BCUT2D eigenvalue weighted by molar-refractivity contribution is 5.80. The van der Waals surface area contributed by atoms with Crippen LogP contribution in [0.1, 0.15) is 22.7 Å². The third-order valence-corrected chi connectivity index (χ3v) is 4.43. The molecule has 0 unspecified atom stereocenters. The molecule has 0 aliphatic carbocycles. The first-order chi connectivity index (χ1) is 13.2. The van der Waals surface area contributed by atoms with Gasteiger partial charge in [0.25, 0.3) is 0 Å². The van der Waals surface area contributed by atoms with Crippen molar-refractivity contribution in [2.45, 2.75) is 12.5 Å². The number of carbonyl (C=O) groups excluding carboxylic acids is 1. The van der Waals surface area contributed by atoms with E-state index in [9.17, 15) is 4.79 Å². The Kier molecular flexibility index (Phi) is 6.10. The van der Waals surface area contributed by atoms with Gasteiger partial charge in [-0.25, -0.2) is 0 Å². The fraction of sp³-hybridized carbons (Fsp3) is 0.174. The van der Waals surface area contributed by atoms with Gasteiger partial charge in [0.1, 0.15) is 11.5 Å². The molecule has 1 N–H and O–H groups in total. The minimum absolute atomic E-state index is 0.0656. The standard InChI is InChI=1S/C23H23NO3/c1-26-20-14-12-18(13-15-20)23(17-8-4-3-5-9-17)24-22(25)16-19-10-6-7-11-21(19)27-2/h3-15,23H,16H2,1-2H3,(H,24,25)/t23-/m1/s1. The lowest BCUT2D eigenvalue weighted by Gasteiger charge is -2.20. The minimum atomic E-state index is -0.237. The molecule has 0 saturated carbocycles. The highest BCUT2D eigenvalue weighted by Gasteiger charge is 2.18. The third kappa shape index (κ3) is 4.67. The van der Waals surface area contributed by atoms with Crippen LogP contribution in [0.4, 0.5) is 0 Å². The Morgan fingerprint density at radius 3 is 2.11 bits per heavy atom. The summed E-state index contributed by atoms with van der Waals surface area (Å²) < 4.78 is 10.6. The molecule has 1 amide bonds. The van der Waals surface area contributed by atoms with E-state index in [1.54, 1.807) is 14.2 Å². The van der Waals surface area contributed by atoms with Crippen molar-refractivity contribution in [3.63, 3.8) is 0 Å². The molecule has 0 saturated heterocycles. The maximum Gasteiger partial charge on any atom is 0.225 e. The second-order valence-corrected chi connectivity index (χ2v) is 6.17. The SMILES string of the molecule is COc1ccc([C@H](NC(=O)Cc2ccccc2OC)c2ccccc2)cc1. The van der Waals surface area contributed by atoms with Crippen LogP contribution in [0.2, 0.25) is 0 Å². The van der Waals surface area contributed by atoms with Gasteiger partial charge in [0.2, 0.25) is 5.91 Å². The van der Waals surface area contributed by atoms with Crippen LogP contribution >= 0.6 is 0 Å². The van der Waals surface area contributed by atoms with Crippen molar-refractivity contribution in [3.05, 3.63) is 95.6 Å². The maximum absolute atomic E-state index is 12.8.